The van der Waals surface area contributed by atoms with E-state index in [1.54, 1.807) is 32.6 Å². The van der Waals surface area contributed by atoms with Gasteiger partial charge in [0.15, 0.2) is 0 Å². The maximum Gasteiger partial charge on any atom is 0.303 e. The molecular weight excluding hydrogens is 348 g/mol. The molecule has 0 unspecified atom stereocenters. The van der Waals surface area contributed by atoms with Crippen LogP contribution in [0.1, 0.15) is 24.1 Å². The zero-order valence-corrected chi connectivity index (χ0v) is 15.3. The highest BCUT2D eigenvalue weighted by atomic mass is 16.6. The third kappa shape index (κ3) is 3.92. The molecule has 140 valence electrons. The van der Waals surface area contributed by atoms with Crippen molar-refractivity contribution in [2.24, 2.45) is 5.10 Å². The number of esters is 1. The first kappa shape index (κ1) is 18.4. The minimum Gasteiger partial charge on any atom is -0.497 e. The molecule has 1 heterocycles. The number of carbonyl (C=O) groups is 2. The number of hydrogen-bond donors (Lipinski definition) is 0. The molecule has 1 aliphatic rings. The van der Waals surface area contributed by atoms with E-state index in [9.17, 15) is 9.59 Å². The number of nitrogens with zero attached hydrogens (tertiary/aromatic N) is 2. The quantitative estimate of drug-likeness (QED) is 0.445. The fourth-order valence-electron chi connectivity index (χ4n) is 2.81. The van der Waals surface area contributed by atoms with Gasteiger partial charge in [-0.05, 0) is 47.5 Å². The molecule has 27 heavy (non-hydrogen) atoms. The van der Waals surface area contributed by atoms with Crippen LogP contribution in [0.2, 0.25) is 0 Å². The number of rotatable bonds is 6. The normalized spacial score (nSPS) is 18.9. The summed E-state index contributed by atoms with van der Waals surface area (Å²) in [6.07, 6.45) is 0.696. The van der Waals surface area contributed by atoms with Crippen molar-refractivity contribution in [2.75, 3.05) is 14.2 Å². The lowest BCUT2D eigenvalue weighted by molar-refractivity contribution is -0.182. The van der Waals surface area contributed by atoms with Crippen LogP contribution in [0.25, 0.3) is 0 Å². The number of amides is 1. The monoisotopic (exact) mass is 368 g/mol. The van der Waals surface area contributed by atoms with Crippen molar-refractivity contribution >= 4 is 18.1 Å². The predicted octanol–water partition coefficient (Wildman–Crippen LogP) is 2.55. The maximum atomic E-state index is 12.4. The number of ether oxygens (including phenoxy) is 3. The van der Waals surface area contributed by atoms with E-state index in [0.717, 1.165) is 16.9 Å². The van der Waals surface area contributed by atoms with E-state index >= 15 is 0 Å². The lowest BCUT2D eigenvalue weighted by Gasteiger charge is -2.42. The average Bonchev–Trinajstić information content (AvgIpc) is 2.69. The predicted molar refractivity (Wildman–Crippen MR) is 98.7 cm³/mol. The Balaban J connectivity index is 1.83. The van der Waals surface area contributed by atoms with Gasteiger partial charge in [-0.15, -0.1) is 0 Å². The molecule has 1 saturated heterocycles. The van der Waals surface area contributed by atoms with Crippen molar-refractivity contribution in [3.63, 3.8) is 0 Å². The Hall–Kier alpha value is -3.35. The van der Waals surface area contributed by atoms with Crippen molar-refractivity contribution in [3.8, 4) is 11.5 Å². The highest BCUT2D eigenvalue weighted by molar-refractivity contribution is 5.92. The molecule has 0 radical (unpaired) electrons. The molecule has 0 bridgehead atoms. The van der Waals surface area contributed by atoms with E-state index in [1.165, 1.54) is 11.9 Å². The molecule has 0 saturated carbocycles. The van der Waals surface area contributed by atoms with E-state index in [4.69, 9.17) is 14.2 Å². The zero-order valence-electron chi connectivity index (χ0n) is 15.3. The molecule has 7 heteroatoms. The van der Waals surface area contributed by atoms with Crippen molar-refractivity contribution < 1.29 is 23.8 Å². The summed E-state index contributed by atoms with van der Waals surface area (Å²) in [6, 6.07) is 14.0. The summed E-state index contributed by atoms with van der Waals surface area (Å²) in [6.45, 7) is 1.28. The smallest absolute Gasteiger partial charge is 0.303 e. The molecule has 2 aromatic rings. The first-order valence-electron chi connectivity index (χ1n) is 8.35. The second-order valence-electron chi connectivity index (χ2n) is 5.95. The van der Waals surface area contributed by atoms with Crippen LogP contribution in [0.4, 0.5) is 0 Å². The van der Waals surface area contributed by atoms with Crippen LogP contribution in [-0.4, -0.2) is 43.4 Å². The summed E-state index contributed by atoms with van der Waals surface area (Å²) in [5, 5.41) is 5.61. The summed E-state index contributed by atoms with van der Waals surface area (Å²) in [4.78, 5) is 23.8. The number of carbonyl (C=O) groups excluding carboxylic acids is 2. The molecule has 1 amide bonds. The number of hydrogen-bond acceptors (Lipinski definition) is 6. The molecule has 0 aliphatic carbocycles. The van der Waals surface area contributed by atoms with Gasteiger partial charge in [-0.25, -0.2) is 5.01 Å². The van der Waals surface area contributed by atoms with Gasteiger partial charge in [-0.1, -0.05) is 12.1 Å². The summed E-state index contributed by atoms with van der Waals surface area (Å²) >= 11 is 0. The molecule has 0 aromatic heterocycles. The maximum absolute atomic E-state index is 12.4. The van der Waals surface area contributed by atoms with E-state index < -0.39 is 18.1 Å². The number of hydrazone groups is 1. The van der Waals surface area contributed by atoms with E-state index in [-0.39, 0.29) is 5.91 Å². The Morgan fingerprint density at radius 3 is 2.07 bits per heavy atom. The summed E-state index contributed by atoms with van der Waals surface area (Å²) in [5.41, 5.74) is 1.61. The van der Waals surface area contributed by atoms with Crippen molar-refractivity contribution in [2.45, 2.75) is 19.1 Å². The molecular formula is C20H20N2O5. The van der Waals surface area contributed by atoms with Gasteiger partial charge in [0.1, 0.15) is 17.5 Å². The van der Waals surface area contributed by atoms with Crippen LogP contribution in [0.3, 0.4) is 0 Å². The first-order chi connectivity index (χ1) is 13.0. The van der Waals surface area contributed by atoms with Crippen molar-refractivity contribution in [1.29, 1.82) is 0 Å². The molecule has 2 atom stereocenters. The van der Waals surface area contributed by atoms with Gasteiger partial charge in [0, 0.05) is 6.92 Å². The van der Waals surface area contributed by atoms with E-state index in [2.05, 4.69) is 5.10 Å². The van der Waals surface area contributed by atoms with Gasteiger partial charge in [-0.3, -0.25) is 9.59 Å². The molecule has 2 aromatic carbocycles. The highest BCUT2D eigenvalue weighted by Crippen LogP contribution is 2.38. The molecule has 0 spiro atoms. The van der Waals surface area contributed by atoms with Gasteiger partial charge in [0.05, 0.1) is 20.4 Å². The van der Waals surface area contributed by atoms with Crippen LogP contribution in [0.15, 0.2) is 53.6 Å². The Morgan fingerprint density at radius 2 is 1.56 bits per heavy atom. The summed E-state index contributed by atoms with van der Waals surface area (Å²) in [7, 11) is 3.17. The molecule has 7 nitrogen and oxygen atoms in total. The van der Waals surface area contributed by atoms with Crippen LogP contribution >= 0.6 is 0 Å². The third-order valence-corrected chi connectivity index (χ3v) is 4.22. The number of benzene rings is 2. The van der Waals surface area contributed by atoms with Crippen molar-refractivity contribution in [3.05, 3.63) is 59.7 Å². The Kier molecular flexibility index (Phi) is 5.40. The van der Waals surface area contributed by atoms with Crippen LogP contribution in [0, 0.1) is 0 Å². The minimum atomic E-state index is -0.885. The lowest BCUT2D eigenvalue weighted by atomic mass is 9.92. The SMILES string of the molecule is COc1ccc(/C=N\N2C(=O)[C@@H](OC(C)=O)[C@@H]2c2ccc(OC)cc2)cc1. The van der Waals surface area contributed by atoms with Gasteiger partial charge in [0.25, 0.3) is 5.91 Å². The molecule has 3 rings (SSSR count). The van der Waals surface area contributed by atoms with E-state index in [0.29, 0.717) is 5.75 Å². The number of methoxy groups -OCH3 is 2. The Morgan fingerprint density at radius 1 is 1.00 bits per heavy atom. The largest absolute Gasteiger partial charge is 0.497 e. The van der Waals surface area contributed by atoms with Crippen LogP contribution in [0.5, 0.6) is 11.5 Å². The van der Waals surface area contributed by atoms with Gasteiger partial charge >= 0.3 is 5.97 Å². The summed E-state index contributed by atoms with van der Waals surface area (Å²) < 4.78 is 15.5. The fourth-order valence-corrected chi connectivity index (χ4v) is 2.81. The Labute approximate surface area is 157 Å². The standard InChI is InChI=1S/C20H20N2O5/c1-13(23)27-19-18(15-6-10-17(26-3)11-7-15)22(20(19)24)21-12-14-4-8-16(25-2)9-5-14/h4-12,18-19H,1-3H3/b21-12-/t18-,19-/m0/s1. The minimum absolute atomic E-state index is 0.365. The fraction of sp³-hybridized carbons (Fsp3) is 0.250. The highest BCUT2D eigenvalue weighted by Gasteiger charge is 2.51. The van der Waals surface area contributed by atoms with E-state index in [1.807, 2.05) is 36.4 Å². The number of β-lactam (4-membered cyclic amide) rings is 1. The topological polar surface area (TPSA) is 77.4 Å². The van der Waals surface area contributed by atoms with Crippen LogP contribution < -0.4 is 9.47 Å². The second-order valence-corrected chi connectivity index (χ2v) is 5.95. The third-order valence-electron chi connectivity index (χ3n) is 4.22. The lowest BCUT2D eigenvalue weighted by Crippen LogP contribution is -2.57. The summed E-state index contributed by atoms with van der Waals surface area (Å²) in [5.74, 6) is 0.557. The van der Waals surface area contributed by atoms with Crippen molar-refractivity contribution in [1.82, 2.24) is 5.01 Å². The first-order valence-corrected chi connectivity index (χ1v) is 8.35. The van der Waals surface area contributed by atoms with Gasteiger partial charge < -0.3 is 14.2 Å². The zero-order chi connectivity index (χ0) is 19.4. The molecule has 1 aliphatic heterocycles. The van der Waals surface area contributed by atoms with Gasteiger partial charge in [-0.2, -0.15) is 5.10 Å². The van der Waals surface area contributed by atoms with Gasteiger partial charge in [0.2, 0.25) is 6.10 Å². The molecule has 0 N–H and O–H groups in total. The second kappa shape index (κ2) is 7.90. The van der Waals surface area contributed by atoms with Crippen LogP contribution in [-0.2, 0) is 14.3 Å². The molecule has 1 fully saturated rings. The Bertz CT molecular complexity index is 846. The average molecular weight is 368 g/mol.